The number of amidine groups is 2. The van der Waals surface area contributed by atoms with Crippen molar-refractivity contribution in [3.05, 3.63) is 34.9 Å². The van der Waals surface area contributed by atoms with Crippen molar-refractivity contribution in [2.24, 2.45) is 5.10 Å². The molecule has 6 heteroatoms. The topological polar surface area (TPSA) is 59.8 Å². The predicted molar refractivity (Wildman–Crippen MR) is 83.1 cm³/mol. The molecule has 2 heterocycles. The van der Waals surface area contributed by atoms with E-state index >= 15 is 0 Å². The highest BCUT2D eigenvalue weighted by Gasteiger charge is 2.27. The number of carbonyl (C=O) groups excluding carboxylic acids is 1. The van der Waals surface area contributed by atoms with E-state index in [2.05, 4.69) is 10.0 Å². The second kappa shape index (κ2) is 5.85. The van der Waals surface area contributed by atoms with Crippen LogP contribution in [0.1, 0.15) is 29.6 Å². The van der Waals surface area contributed by atoms with E-state index in [1.165, 1.54) is 17.9 Å². The lowest BCUT2D eigenvalue weighted by Gasteiger charge is -2.15. The molecule has 110 valence electrons. The molecule has 5 nitrogen and oxygen atoms in total. The molecule has 0 aliphatic carbocycles. The maximum absolute atomic E-state index is 12.2. The Morgan fingerprint density at radius 2 is 1.90 bits per heavy atom. The van der Waals surface area contributed by atoms with Gasteiger partial charge < -0.3 is 4.90 Å². The Balaban J connectivity index is 1.67. The first-order chi connectivity index (χ1) is 10.1. The Morgan fingerprint density at radius 1 is 1.24 bits per heavy atom. The molecule has 3 rings (SSSR count). The summed E-state index contributed by atoms with van der Waals surface area (Å²) in [6, 6.07) is 6.80. The second-order valence-corrected chi connectivity index (χ2v) is 5.76. The molecule has 2 aliphatic rings. The Morgan fingerprint density at radius 3 is 2.57 bits per heavy atom. The summed E-state index contributed by atoms with van der Waals surface area (Å²) in [7, 11) is 0. The molecule has 0 radical (unpaired) electrons. The van der Waals surface area contributed by atoms with Gasteiger partial charge in [-0.05, 0) is 37.1 Å². The van der Waals surface area contributed by atoms with Gasteiger partial charge in [0.25, 0.3) is 0 Å². The number of ketones is 1. The van der Waals surface area contributed by atoms with Gasteiger partial charge in [-0.15, -0.1) is 0 Å². The molecule has 2 aliphatic heterocycles. The normalized spacial score (nSPS) is 18.3. The van der Waals surface area contributed by atoms with Crippen LogP contribution in [0.5, 0.6) is 0 Å². The Labute approximate surface area is 128 Å². The molecule has 0 unspecified atom stereocenters. The number of carbonyl (C=O) groups is 1. The number of rotatable bonds is 3. The molecular formula is C15H17ClN4O. The zero-order valence-electron chi connectivity index (χ0n) is 11.7. The summed E-state index contributed by atoms with van der Waals surface area (Å²) in [5.41, 5.74) is 0.594. The number of hydrogen-bond donors (Lipinski definition) is 1. The minimum atomic E-state index is -0.0529. The summed E-state index contributed by atoms with van der Waals surface area (Å²) < 4.78 is 0. The van der Waals surface area contributed by atoms with Crippen LogP contribution in [-0.4, -0.2) is 47.0 Å². The fraction of sp³-hybridized carbons (Fsp3) is 0.400. The SMILES string of the molecule is N=C1CC(N2CCCC2)=NN1CC(=O)c1ccc(Cl)cc1. The number of Topliss-reactive ketones (excluding diaryl/α,β-unsaturated/α-hetero) is 1. The molecule has 0 atom stereocenters. The van der Waals surface area contributed by atoms with Gasteiger partial charge in [0.2, 0.25) is 0 Å². The van der Waals surface area contributed by atoms with Crippen LogP contribution in [0.2, 0.25) is 5.02 Å². The van der Waals surface area contributed by atoms with Crippen LogP contribution in [-0.2, 0) is 0 Å². The zero-order chi connectivity index (χ0) is 14.8. The summed E-state index contributed by atoms with van der Waals surface area (Å²) >= 11 is 5.82. The minimum Gasteiger partial charge on any atom is -0.358 e. The Bertz CT molecular complexity index is 590. The second-order valence-electron chi connectivity index (χ2n) is 5.32. The summed E-state index contributed by atoms with van der Waals surface area (Å²) in [6.07, 6.45) is 2.88. The van der Waals surface area contributed by atoms with E-state index in [9.17, 15) is 4.79 Å². The molecule has 0 spiro atoms. The maximum atomic E-state index is 12.2. The summed E-state index contributed by atoms with van der Waals surface area (Å²) in [4.78, 5) is 14.4. The monoisotopic (exact) mass is 304 g/mol. The van der Waals surface area contributed by atoms with Gasteiger partial charge in [-0.1, -0.05) is 11.6 Å². The number of nitrogens with zero attached hydrogens (tertiary/aromatic N) is 3. The van der Waals surface area contributed by atoms with E-state index in [0.29, 0.717) is 22.8 Å². The molecule has 0 amide bonds. The smallest absolute Gasteiger partial charge is 0.184 e. The molecule has 21 heavy (non-hydrogen) atoms. The number of nitrogens with one attached hydrogen (secondary N) is 1. The number of hydrazone groups is 1. The van der Waals surface area contributed by atoms with Crippen molar-refractivity contribution in [2.75, 3.05) is 19.6 Å². The maximum Gasteiger partial charge on any atom is 0.184 e. The van der Waals surface area contributed by atoms with E-state index in [0.717, 1.165) is 18.9 Å². The van der Waals surface area contributed by atoms with Crippen molar-refractivity contribution in [2.45, 2.75) is 19.3 Å². The fourth-order valence-corrected chi connectivity index (χ4v) is 2.75. The average molecular weight is 305 g/mol. The van der Waals surface area contributed by atoms with Crippen molar-refractivity contribution >= 4 is 29.1 Å². The molecule has 0 aromatic heterocycles. The first-order valence-corrected chi connectivity index (χ1v) is 7.47. The first-order valence-electron chi connectivity index (χ1n) is 7.09. The standard InChI is InChI=1S/C15H17ClN4O/c16-12-5-3-11(4-6-12)13(21)10-20-14(17)9-15(18-20)19-7-1-2-8-19/h3-6,17H,1-2,7-10H2. The predicted octanol–water partition coefficient (Wildman–Crippen LogP) is 2.61. The highest BCUT2D eigenvalue weighted by atomic mass is 35.5. The molecule has 1 saturated heterocycles. The van der Waals surface area contributed by atoms with Gasteiger partial charge in [0, 0.05) is 23.7 Å². The number of halogens is 1. The number of hydrogen-bond acceptors (Lipinski definition) is 4. The van der Waals surface area contributed by atoms with Gasteiger partial charge in [-0.25, -0.2) is 5.01 Å². The third kappa shape index (κ3) is 3.08. The summed E-state index contributed by atoms with van der Waals surface area (Å²) in [6.45, 7) is 2.12. The van der Waals surface area contributed by atoms with Crippen molar-refractivity contribution in [3.8, 4) is 0 Å². The van der Waals surface area contributed by atoms with Crippen LogP contribution in [0, 0.1) is 5.41 Å². The molecule has 1 aromatic rings. The van der Waals surface area contributed by atoms with Gasteiger partial charge in [0.15, 0.2) is 5.78 Å². The van der Waals surface area contributed by atoms with E-state index in [-0.39, 0.29) is 12.3 Å². The van der Waals surface area contributed by atoms with Crippen LogP contribution >= 0.6 is 11.6 Å². The van der Waals surface area contributed by atoms with Crippen molar-refractivity contribution in [1.29, 1.82) is 5.41 Å². The molecular weight excluding hydrogens is 288 g/mol. The van der Waals surface area contributed by atoms with Gasteiger partial charge in [0.05, 0.1) is 6.42 Å². The highest BCUT2D eigenvalue weighted by molar-refractivity contribution is 6.30. The van der Waals surface area contributed by atoms with Gasteiger partial charge in [-0.2, -0.15) is 5.10 Å². The number of likely N-dealkylation sites (tertiary alicyclic amines) is 1. The minimum absolute atomic E-state index is 0.0529. The lowest BCUT2D eigenvalue weighted by molar-refractivity contribution is 0.0964. The van der Waals surface area contributed by atoms with E-state index in [1.807, 2.05) is 0 Å². The van der Waals surface area contributed by atoms with Gasteiger partial charge in [-0.3, -0.25) is 10.2 Å². The van der Waals surface area contributed by atoms with E-state index in [4.69, 9.17) is 17.0 Å². The van der Waals surface area contributed by atoms with Crippen LogP contribution in [0.15, 0.2) is 29.4 Å². The van der Waals surface area contributed by atoms with Crippen molar-refractivity contribution in [1.82, 2.24) is 9.91 Å². The lowest BCUT2D eigenvalue weighted by atomic mass is 10.1. The van der Waals surface area contributed by atoms with Crippen LogP contribution in [0.3, 0.4) is 0 Å². The highest BCUT2D eigenvalue weighted by Crippen LogP contribution is 2.18. The molecule has 1 fully saturated rings. The van der Waals surface area contributed by atoms with E-state index < -0.39 is 0 Å². The van der Waals surface area contributed by atoms with Crippen molar-refractivity contribution < 1.29 is 4.79 Å². The van der Waals surface area contributed by atoms with Crippen LogP contribution < -0.4 is 0 Å². The largest absolute Gasteiger partial charge is 0.358 e. The summed E-state index contributed by atoms with van der Waals surface area (Å²) in [5.74, 6) is 1.25. The third-order valence-electron chi connectivity index (χ3n) is 3.80. The average Bonchev–Trinajstić information content (AvgIpc) is 3.10. The first kappa shape index (κ1) is 14.1. The number of benzene rings is 1. The molecule has 1 aromatic carbocycles. The molecule has 1 N–H and O–H groups in total. The van der Waals surface area contributed by atoms with Crippen LogP contribution in [0.4, 0.5) is 0 Å². The van der Waals surface area contributed by atoms with E-state index in [1.54, 1.807) is 24.3 Å². The fourth-order valence-electron chi connectivity index (χ4n) is 2.62. The lowest BCUT2D eigenvalue weighted by Crippen LogP contribution is -2.27. The molecule has 0 saturated carbocycles. The summed E-state index contributed by atoms with van der Waals surface area (Å²) in [5, 5.41) is 14.6. The third-order valence-corrected chi connectivity index (χ3v) is 4.06. The quantitative estimate of drug-likeness (QED) is 0.873. The van der Waals surface area contributed by atoms with Crippen LogP contribution in [0.25, 0.3) is 0 Å². The van der Waals surface area contributed by atoms with Gasteiger partial charge >= 0.3 is 0 Å². The Kier molecular flexibility index (Phi) is 3.92. The van der Waals surface area contributed by atoms with Gasteiger partial charge in [0.1, 0.15) is 18.2 Å². The zero-order valence-corrected chi connectivity index (χ0v) is 12.4. The Hall–Kier alpha value is -1.88. The van der Waals surface area contributed by atoms with Crippen molar-refractivity contribution in [3.63, 3.8) is 0 Å². The molecule has 0 bridgehead atoms.